The number of fused-ring (bicyclic) bond motifs is 6. The number of hydrogen-bond acceptors (Lipinski definition) is 4. The molecule has 0 aliphatic rings. The average Bonchev–Trinajstić information content (AvgIpc) is 3.31. The van der Waals surface area contributed by atoms with Gasteiger partial charge in [0.25, 0.3) is 0 Å². The van der Waals surface area contributed by atoms with Crippen LogP contribution in [0.3, 0.4) is 0 Å². The van der Waals surface area contributed by atoms with E-state index >= 15 is 0 Å². The summed E-state index contributed by atoms with van der Waals surface area (Å²) in [5.74, 6) is 0. The van der Waals surface area contributed by atoms with E-state index in [1.54, 1.807) is 11.3 Å². The topological polar surface area (TPSA) is 40.5 Å². The van der Waals surface area contributed by atoms with Crippen LogP contribution in [0.15, 0.2) is 78.9 Å². The zero-order valence-corrected chi connectivity index (χ0v) is 16.9. The maximum atomic E-state index is 9.90. The van der Waals surface area contributed by atoms with Crippen molar-refractivity contribution in [3.05, 3.63) is 78.9 Å². The SMILES string of the molecule is OB(O)c1ccc(-c2ccc3sc4ccccc4c3c2)c2c1sc1ccccc12. The molecule has 2 aromatic heterocycles. The van der Waals surface area contributed by atoms with Crippen molar-refractivity contribution in [3.63, 3.8) is 0 Å². The number of thiophene rings is 2. The van der Waals surface area contributed by atoms with Crippen molar-refractivity contribution in [2.75, 3.05) is 0 Å². The summed E-state index contributed by atoms with van der Waals surface area (Å²) < 4.78 is 4.67. The Labute approximate surface area is 175 Å². The van der Waals surface area contributed by atoms with Crippen molar-refractivity contribution in [1.82, 2.24) is 0 Å². The Balaban J connectivity index is 1.71. The van der Waals surface area contributed by atoms with Crippen molar-refractivity contribution in [2.45, 2.75) is 0 Å². The van der Waals surface area contributed by atoms with Gasteiger partial charge in [0.2, 0.25) is 0 Å². The fourth-order valence-electron chi connectivity index (χ4n) is 4.19. The lowest BCUT2D eigenvalue weighted by molar-refractivity contribution is 0.426. The Morgan fingerprint density at radius 1 is 0.621 bits per heavy atom. The molecule has 0 aliphatic carbocycles. The van der Waals surface area contributed by atoms with Crippen LogP contribution in [-0.4, -0.2) is 17.2 Å². The molecule has 0 amide bonds. The lowest BCUT2D eigenvalue weighted by Crippen LogP contribution is -2.29. The minimum atomic E-state index is -1.48. The first kappa shape index (κ1) is 17.2. The Morgan fingerprint density at radius 2 is 1.31 bits per heavy atom. The maximum absolute atomic E-state index is 9.90. The predicted octanol–water partition coefficient (Wildman–Crippen LogP) is 5.77. The van der Waals surface area contributed by atoms with Gasteiger partial charge in [0, 0.05) is 40.3 Å². The number of rotatable bonds is 2. The summed E-state index contributed by atoms with van der Waals surface area (Å²) in [4.78, 5) is 0. The van der Waals surface area contributed by atoms with Gasteiger partial charge in [-0.05, 0) is 40.9 Å². The standard InChI is InChI=1S/C24H15BO2S2/c26-25(27)19-11-10-15(23-17-6-2-4-8-21(17)29-24(19)23)14-9-12-22-18(13-14)16-5-1-3-7-20(16)28-22/h1-13,26-27H. The van der Waals surface area contributed by atoms with E-state index < -0.39 is 7.12 Å². The third kappa shape index (κ3) is 2.56. The van der Waals surface area contributed by atoms with Gasteiger partial charge >= 0.3 is 7.12 Å². The van der Waals surface area contributed by atoms with Gasteiger partial charge in [0.15, 0.2) is 0 Å². The van der Waals surface area contributed by atoms with Gasteiger partial charge in [-0.2, -0.15) is 0 Å². The molecular formula is C24H15BO2S2. The molecule has 2 N–H and O–H groups in total. The molecule has 0 saturated carbocycles. The molecule has 138 valence electrons. The molecule has 0 unspecified atom stereocenters. The Morgan fingerprint density at radius 3 is 2.10 bits per heavy atom. The third-order valence-corrected chi connectivity index (χ3v) is 7.89. The van der Waals surface area contributed by atoms with Crippen LogP contribution in [0, 0.1) is 0 Å². The van der Waals surface area contributed by atoms with E-state index in [1.807, 2.05) is 35.6 Å². The van der Waals surface area contributed by atoms with Gasteiger partial charge in [-0.3, -0.25) is 0 Å². The van der Waals surface area contributed by atoms with Crippen molar-refractivity contribution in [3.8, 4) is 11.1 Å². The Hall–Kier alpha value is -2.70. The smallest absolute Gasteiger partial charge is 0.423 e. The van der Waals surface area contributed by atoms with E-state index in [2.05, 4.69) is 54.6 Å². The molecule has 0 fully saturated rings. The molecule has 4 aromatic carbocycles. The lowest BCUT2D eigenvalue weighted by atomic mass is 9.78. The van der Waals surface area contributed by atoms with Crippen LogP contribution in [0.2, 0.25) is 0 Å². The molecule has 0 aliphatic heterocycles. The van der Waals surface area contributed by atoms with E-state index in [0.29, 0.717) is 5.46 Å². The van der Waals surface area contributed by atoms with Gasteiger partial charge in [-0.15, -0.1) is 22.7 Å². The molecule has 2 nitrogen and oxygen atoms in total. The first-order chi connectivity index (χ1) is 14.2. The zero-order chi connectivity index (χ0) is 19.5. The largest absolute Gasteiger partial charge is 0.489 e. The van der Waals surface area contributed by atoms with Crippen LogP contribution in [0.25, 0.3) is 51.5 Å². The van der Waals surface area contributed by atoms with Gasteiger partial charge in [0.1, 0.15) is 0 Å². The highest BCUT2D eigenvalue weighted by Crippen LogP contribution is 2.41. The maximum Gasteiger partial charge on any atom is 0.489 e. The quantitative estimate of drug-likeness (QED) is 0.356. The molecule has 0 saturated heterocycles. The monoisotopic (exact) mass is 410 g/mol. The number of hydrogen-bond donors (Lipinski definition) is 2. The minimum absolute atomic E-state index is 0.562. The predicted molar refractivity (Wildman–Crippen MR) is 127 cm³/mol. The lowest BCUT2D eigenvalue weighted by Gasteiger charge is -2.09. The van der Waals surface area contributed by atoms with E-state index in [4.69, 9.17) is 0 Å². The second kappa shape index (κ2) is 6.41. The van der Waals surface area contributed by atoms with Crippen LogP contribution in [0.1, 0.15) is 0 Å². The molecule has 6 rings (SSSR count). The highest BCUT2D eigenvalue weighted by molar-refractivity contribution is 7.27. The average molecular weight is 410 g/mol. The normalized spacial score (nSPS) is 11.8. The van der Waals surface area contributed by atoms with Crippen LogP contribution in [0.5, 0.6) is 0 Å². The van der Waals surface area contributed by atoms with E-state index in [1.165, 1.54) is 20.2 Å². The first-order valence-corrected chi connectivity index (χ1v) is 11.1. The van der Waals surface area contributed by atoms with Crippen LogP contribution in [-0.2, 0) is 0 Å². The summed E-state index contributed by atoms with van der Waals surface area (Å²) in [6, 6.07) is 27.3. The number of benzene rings is 4. The summed E-state index contributed by atoms with van der Waals surface area (Å²) in [5, 5.41) is 24.6. The van der Waals surface area contributed by atoms with E-state index in [0.717, 1.165) is 31.3 Å². The fourth-order valence-corrected chi connectivity index (χ4v) is 6.53. The van der Waals surface area contributed by atoms with Gasteiger partial charge in [0.05, 0.1) is 0 Å². The molecule has 0 bridgehead atoms. The minimum Gasteiger partial charge on any atom is -0.423 e. The summed E-state index contributed by atoms with van der Waals surface area (Å²) in [6.45, 7) is 0. The van der Waals surface area contributed by atoms with Crippen molar-refractivity contribution >= 4 is 75.6 Å². The van der Waals surface area contributed by atoms with Gasteiger partial charge < -0.3 is 10.0 Å². The molecular weight excluding hydrogens is 395 g/mol. The molecule has 5 heteroatoms. The van der Waals surface area contributed by atoms with E-state index in [9.17, 15) is 10.0 Å². The highest BCUT2D eigenvalue weighted by atomic mass is 32.1. The van der Waals surface area contributed by atoms with Gasteiger partial charge in [-0.1, -0.05) is 54.6 Å². The molecule has 0 atom stereocenters. The van der Waals surface area contributed by atoms with Crippen molar-refractivity contribution < 1.29 is 10.0 Å². The molecule has 29 heavy (non-hydrogen) atoms. The highest BCUT2D eigenvalue weighted by Gasteiger charge is 2.20. The van der Waals surface area contributed by atoms with Crippen LogP contribution in [0.4, 0.5) is 0 Å². The zero-order valence-electron chi connectivity index (χ0n) is 15.3. The molecule has 2 heterocycles. The second-order valence-corrected chi connectivity index (χ2v) is 9.32. The van der Waals surface area contributed by atoms with Crippen molar-refractivity contribution in [1.29, 1.82) is 0 Å². The van der Waals surface area contributed by atoms with Crippen LogP contribution < -0.4 is 5.46 Å². The van der Waals surface area contributed by atoms with Gasteiger partial charge in [-0.25, -0.2) is 0 Å². The summed E-state index contributed by atoms with van der Waals surface area (Å²) >= 11 is 3.43. The molecule has 6 aromatic rings. The molecule has 0 radical (unpaired) electrons. The Kier molecular flexibility index (Phi) is 3.80. The van der Waals surface area contributed by atoms with Crippen LogP contribution >= 0.6 is 22.7 Å². The fraction of sp³-hybridized carbons (Fsp3) is 0. The first-order valence-electron chi connectivity index (χ1n) is 9.42. The van der Waals surface area contributed by atoms with E-state index in [-0.39, 0.29) is 0 Å². The summed E-state index contributed by atoms with van der Waals surface area (Å²) in [6.07, 6.45) is 0. The third-order valence-electron chi connectivity index (χ3n) is 5.52. The summed E-state index contributed by atoms with van der Waals surface area (Å²) in [5.41, 5.74) is 2.83. The molecule has 0 spiro atoms. The second-order valence-electron chi connectivity index (χ2n) is 7.19. The van der Waals surface area contributed by atoms with Crippen molar-refractivity contribution in [2.24, 2.45) is 0 Å². The Bertz CT molecular complexity index is 1550. The summed E-state index contributed by atoms with van der Waals surface area (Å²) in [7, 11) is -1.48.